The van der Waals surface area contributed by atoms with Crippen LogP contribution < -0.4 is 5.32 Å². The highest BCUT2D eigenvalue weighted by atomic mass is 16.4. The summed E-state index contributed by atoms with van der Waals surface area (Å²) in [7, 11) is 0. The summed E-state index contributed by atoms with van der Waals surface area (Å²) in [6.45, 7) is 4.46. The first kappa shape index (κ1) is 17.4. The van der Waals surface area contributed by atoms with Crippen LogP contribution in [0, 0.1) is 6.92 Å². The molecule has 0 atom stereocenters. The second-order valence-corrected chi connectivity index (χ2v) is 5.90. The van der Waals surface area contributed by atoms with Gasteiger partial charge in [0, 0.05) is 18.4 Å². The normalized spacial score (nSPS) is 10.5. The van der Waals surface area contributed by atoms with Gasteiger partial charge in [0.05, 0.1) is 16.8 Å². The summed E-state index contributed by atoms with van der Waals surface area (Å²) in [5, 5.41) is 16.3. The van der Waals surface area contributed by atoms with E-state index >= 15 is 0 Å². The number of hydrogen-bond acceptors (Lipinski definition) is 3. The summed E-state index contributed by atoms with van der Waals surface area (Å²) < 4.78 is 1.72. The summed E-state index contributed by atoms with van der Waals surface area (Å²) in [6, 6.07) is 14.0. The summed E-state index contributed by atoms with van der Waals surface area (Å²) in [4.78, 5) is 23.7. The summed E-state index contributed by atoms with van der Waals surface area (Å²) >= 11 is 0. The van der Waals surface area contributed by atoms with Gasteiger partial charge in [-0.1, -0.05) is 24.3 Å². The number of rotatable bonds is 5. The van der Waals surface area contributed by atoms with Crippen LogP contribution in [0.4, 0.5) is 5.69 Å². The van der Waals surface area contributed by atoms with Gasteiger partial charge >= 0.3 is 5.97 Å². The fraction of sp³-hybridized carbons (Fsp3) is 0.150. The van der Waals surface area contributed by atoms with E-state index in [2.05, 4.69) is 10.4 Å². The van der Waals surface area contributed by atoms with E-state index in [4.69, 9.17) is 5.11 Å². The maximum absolute atomic E-state index is 12.5. The molecule has 2 N–H and O–H groups in total. The molecule has 0 unspecified atom stereocenters. The third kappa shape index (κ3) is 3.64. The zero-order valence-electron chi connectivity index (χ0n) is 14.6. The van der Waals surface area contributed by atoms with Crippen molar-refractivity contribution in [1.29, 1.82) is 0 Å². The number of aryl methyl sites for hydroxylation is 2. The fourth-order valence-electron chi connectivity index (χ4n) is 2.71. The second-order valence-electron chi connectivity index (χ2n) is 5.90. The fourth-order valence-corrected chi connectivity index (χ4v) is 2.71. The number of carboxylic acid groups (broad SMARTS) is 1. The summed E-state index contributed by atoms with van der Waals surface area (Å²) in [5.41, 5.74) is 3.67. The van der Waals surface area contributed by atoms with E-state index in [0.717, 1.165) is 11.1 Å². The van der Waals surface area contributed by atoms with Crippen LogP contribution in [-0.4, -0.2) is 26.8 Å². The number of benzene rings is 2. The average Bonchev–Trinajstić information content (AvgIpc) is 3.03. The van der Waals surface area contributed by atoms with E-state index in [1.54, 1.807) is 42.1 Å². The molecule has 1 aromatic heterocycles. The number of nitrogens with one attached hydrogen (secondary N) is 1. The molecule has 3 aromatic rings. The first-order valence-corrected chi connectivity index (χ1v) is 8.27. The molecule has 3 rings (SSSR count). The van der Waals surface area contributed by atoms with Crippen LogP contribution >= 0.6 is 0 Å². The molecule has 6 heteroatoms. The Morgan fingerprint density at radius 1 is 1.12 bits per heavy atom. The number of hydrogen-bond donors (Lipinski definition) is 2. The molecule has 6 nitrogen and oxygen atoms in total. The van der Waals surface area contributed by atoms with Crippen LogP contribution in [-0.2, 0) is 6.54 Å². The highest BCUT2D eigenvalue weighted by Gasteiger charge is 2.13. The molecular formula is C20H19N3O3. The van der Waals surface area contributed by atoms with Crippen LogP contribution in [0.3, 0.4) is 0 Å². The molecule has 0 spiro atoms. The third-order valence-corrected chi connectivity index (χ3v) is 4.08. The third-order valence-electron chi connectivity index (χ3n) is 4.08. The van der Waals surface area contributed by atoms with E-state index in [1.165, 1.54) is 0 Å². The standard InChI is InChI=1S/C20H19N3O3/c1-3-23-12-18(13(2)22-23)19(24)21-17-9-5-7-15(11-17)14-6-4-8-16(10-14)20(25)26/h4-12H,3H2,1-2H3,(H,21,24)(H,25,26). The number of carbonyl (C=O) groups is 2. The first-order chi connectivity index (χ1) is 12.5. The summed E-state index contributed by atoms with van der Waals surface area (Å²) in [5.74, 6) is -1.20. The molecule has 1 heterocycles. The lowest BCUT2D eigenvalue weighted by Crippen LogP contribution is -2.12. The Morgan fingerprint density at radius 3 is 2.46 bits per heavy atom. The van der Waals surface area contributed by atoms with Crippen LogP contribution in [0.25, 0.3) is 11.1 Å². The van der Waals surface area contributed by atoms with Gasteiger partial charge in [-0.25, -0.2) is 4.79 Å². The van der Waals surface area contributed by atoms with Gasteiger partial charge < -0.3 is 10.4 Å². The number of aromatic carboxylic acids is 1. The predicted octanol–water partition coefficient (Wildman–Crippen LogP) is 3.83. The number of amides is 1. The zero-order valence-corrected chi connectivity index (χ0v) is 14.6. The maximum atomic E-state index is 12.5. The monoisotopic (exact) mass is 349 g/mol. The largest absolute Gasteiger partial charge is 0.478 e. The van der Waals surface area contributed by atoms with E-state index in [9.17, 15) is 9.59 Å². The minimum atomic E-state index is -0.972. The molecule has 0 fully saturated rings. The number of carboxylic acids is 1. The highest BCUT2D eigenvalue weighted by Crippen LogP contribution is 2.24. The van der Waals surface area contributed by atoms with Gasteiger partial charge in [0.1, 0.15) is 0 Å². The van der Waals surface area contributed by atoms with Crippen LogP contribution in [0.5, 0.6) is 0 Å². The van der Waals surface area contributed by atoms with Crippen molar-refractivity contribution in [3.8, 4) is 11.1 Å². The minimum Gasteiger partial charge on any atom is -0.478 e. The topological polar surface area (TPSA) is 84.2 Å². The molecule has 1 amide bonds. The van der Waals surface area contributed by atoms with E-state index in [-0.39, 0.29) is 11.5 Å². The Bertz CT molecular complexity index is 976. The quantitative estimate of drug-likeness (QED) is 0.733. The average molecular weight is 349 g/mol. The van der Waals surface area contributed by atoms with E-state index < -0.39 is 5.97 Å². The van der Waals surface area contributed by atoms with Crippen molar-refractivity contribution in [2.45, 2.75) is 20.4 Å². The van der Waals surface area contributed by atoms with Gasteiger partial charge in [0.15, 0.2) is 0 Å². The van der Waals surface area contributed by atoms with Gasteiger partial charge in [-0.05, 0) is 49.2 Å². The summed E-state index contributed by atoms with van der Waals surface area (Å²) in [6.07, 6.45) is 1.73. The lowest BCUT2D eigenvalue weighted by Gasteiger charge is -2.08. The van der Waals surface area contributed by atoms with Gasteiger partial charge in [-0.2, -0.15) is 5.10 Å². The highest BCUT2D eigenvalue weighted by molar-refractivity contribution is 6.05. The lowest BCUT2D eigenvalue weighted by atomic mass is 10.0. The predicted molar refractivity (Wildman–Crippen MR) is 99.4 cm³/mol. The molecule has 0 radical (unpaired) electrons. The van der Waals surface area contributed by atoms with Gasteiger partial charge in [0.25, 0.3) is 5.91 Å². The zero-order chi connectivity index (χ0) is 18.7. The Balaban J connectivity index is 1.85. The van der Waals surface area contributed by atoms with E-state index in [0.29, 0.717) is 23.5 Å². The van der Waals surface area contributed by atoms with Gasteiger partial charge in [-0.3, -0.25) is 9.48 Å². The Hall–Kier alpha value is -3.41. The van der Waals surface area contributed by atoms with Crippen molar-refractivity contribution >= 4 is 17.6 Å². The molecule has 0 saturated heterocycles. The van der Waals surface area contributed by atoms with Crippen molar-refractivity contribution in [2.24, 2.45) is 0 Å². The van der Waals surface area contributed by atoms with Crippen LogP contribution in [0.15, 0.2) is 54.7 Å². The second kappa shape index (κ2) is 7.23. The van der Waals surface area contributed by atoms with Gasteiger partial charge in [-0.15, -0.1) is 0 Å². The number of carbonyl (C=O) groups excluding carboxylic acids is 1. The number of nitrogens with zero attached hydrogens (tertiary/aromatic N) is 2. The van der Waals surface area contributed by atoms with Crippen LogP contribution in [0.2, 0.25) is 0 Å². The molecule has 132 valence electrons. The molecule has 0 aliphatic carbocycles. The number of aromatic nitrogens is 2. The Morgan fingerprint density at radius 2 is 1.81 bits per heavy atom. The van der Waals surface area contributed by atoms with Crippen LogP contribution in [0.1, 0.15) is 33.3 Å². The van der Waals surface area contributed by atoms with Gasteiger partial charge in [0.2, 0.25) is 0 Å². The van der Waals surface area contributed by atoms with E-state index in [1.807, 2.05) is 31.2 Å². The first-order valence-electron chi connectivity index (χ1n) is 8.27. The van der Waals surface area contributed by atoms with Crippen molar-refractivity contribution in [1.82, 2.24) is 9.78 Å². The Kier molecular flexibility index (Phi) is 4.84. The SMILES string of the molecule is CCn1cc(C(=O)Nc2cccc(-c3cccc(C(=O)O)c3)c2)c(C)n1. The maximum Gasteiger partial charge on any atom is 0.335 e. The lowest BCUT2D eigenvalue weighted by molar-refractivity contribution is 0.0696. The number of anilines is 1. The minimum absolute atomic E-state index is 0.222. The molecule has 0 aliphatic rings. The van der Waals surface area contributed by atoms with Crippen molar-refractivity contribution < 1.29 is 14.7 Å². The molecule has 0 aliphatic heterocycles. The van der Waals surface area contributed by atoms with Crippen molar-refractivity contribution in [2.75, 3.05) is 5.32 Å². The molecule has 2 aromatic carbocycles. The molecule has 26 heavy (non-hydrogen) atoms. The molecule has 0 saturated carbocycles. The molecular weight excluding hydrogens is 330 g/mol. The Labute approximate surface area is 151 Å². The van der Waals surface area contributed by atoms with Crippen molar-refractivity contribution in [3.63, 3.8) is 0 Å². The smallest absolute Gasteiger partial charge is 0.335 e. The molecule has 0 bridgehead atoms. The van der Waals surface area contributed by atoms with Crippen molar-refractivity contribution in [3.05, 3.63) is 71.5 Å².